The van der Waals surface area contributed by atoms with Crippen LogP contribution in [-0.2, 0) is 11.3 Å². The number of piperidine rings is 1. The van der Waals surface area contributed by atoms with Crippen LogP contribution in [0.3, 0.4) is 0 Å². The third-order valence-corrected chi connectivity index (χ3v) is 5.84. The third-order valence-electron chi connectivity index (χ3n) is 5.84. The molecule has 6 heteroatoms. The van der Waals surface area contributed by atoms with Crippen molar-refractivity contribution in [3.8, 4) is 11.5 Å². The highest BCUT2D eigenvalue weighted by Gasteiger charge is 2.24. The molecule has 27 heavy (non-hydrogen) atoms. The molecule has 0 bridgehead atoms. The number of likely N-dealkylation sites (tertiary alicyclic amines) is 1. The van der Waals surface area contributed by atoms with Crippen molar-refractivity contribution in [3.05, 3.63) is 23.8 Å². The number of hydrogen-bond donors (Lipinski definition) is 0. The van der Waals surface area contributed by atoms with E-state index < -0.39 is 0 Å². The monoisotopic (exact) mass is 375 g/mol. The van der Waals surface area contributed by atoms with Crippen LogP contribution in [0, 0.1) is 5.92 Å². The first kappa shape index (κ1) is 20.0. The number of piperazine rings is 1. The Morgan fingerprint density at radius 2 is 1.67 bits per heavy atom. The topological polar surface area (TPSA) is 45.3 Å². The van der Waals surface area contributed by atoms with Crippen molar-refractivity contribution >= 4 is 5.91 Å². The SMILES string of the molecule is COc1ccc(OC)c(CN2CCN(CC(=O)N3CCC(C)CC3)CC2)c1. The average molecular weight is 376 g/mol. The number of amides is 1. The molecule has 0 aliphatic carbocycles. The summed E-state index contributed by atoms with van der Waals surface area (Å²) in [6, 6.07) is 5.93. The molecule has 1 amide bonds. The van der Waals surface area contributed by atoms with Gasteiger partial charge in [0.25, 0.3) is 0 Å². The molecule has 2 aliphatic heterocycles. The van der Waals surface area contributed by atoms with Gasteiger partial charge >= 0.3 is 0 Å². The molecule has 2 fully saturated rings. The van der Waals surface area contributed by atoms with Crippen molar-refractivity contribution in [1.29, 1.82) is 0 Å². The lowest BCUT2D eigenvalue weighted by Gasteiger charge is -2.36. The second-order valence-corrected chi connectivity index (χ2v) is 7.79. The van der Waals surface area contributed by atoms with Gasteiger partial charge < -0.3 is 14.4 Å². The smallest absolute Gasteiger partial charge is 0.236 e. The Kier molecular flexibility index (Phi) is 6.96. The summed E-state index contributed by atoms with van der Waals surface area (Å²) in [6.07, 6.45) is 2.28. The van der Waals surface area contributed by atoms with E-state index in [2.05, 4.69) is 16.7 Å². The van der Waals surface area contributed by atoms with Crippen LogP contribution in [0.15, 0.2) is 18.2 Å². The molecule has 150 valence electrons. The lowest BCUT2D eigenvalue weighted by molar-refractivity contribution is -0.134. The summed E-state index contributed by atoms with van der Waals surface area (Å²) >= 11 is 0. The van der Waals surface area contributed by atoms with Gasteiger partial charge in [-0.1, -0.05) is 6.92 Å². The van der Waals surface area contributed by atoms with Gasteiger partial charge in [-0.15, -0.1) is 0 Å². The first-order valence-corrected chi connectivity index (χ1v) is 10.0. The fourth-order valence-corrected chi connectivity index (χ4v) is 3.90. The Morgan fingerprint density at radius 1 is 1.00 bits per heavy atom. The first-order valence-electron chi connectivity index (χ1n) is 10.0. The highest BCUT2D eigenvalue weighted by molar-refractivity contribution is 5.78. The van der Waals surface area contributed by atoms with Gasteiger partial charge in [-0.05, 0) is 37.0 Å². The zero-order valence-electron chi connectivity index (χ0n) is 16.9. The fourth-order valence-electron chi connectivity index (χ4n) is 3.90. The molecular formula is C21H33N3O3. The van der Waals surface area contributed by atoms with Crippen LogP contribution >= 0.6 is 0 Å². The highest BCUT2D eigenvalue weighted by atomic mass is 16.5. The number of benzene rings is 1. The predicted molar refractivity (Wildman–Crippen MR) is 106 cm³/mol. The van der Waals surface area contributed by atoms with Crippen molar-refractivity contribution in [2.24, 2.45) is 5.92 Å². The van der Waals surface area contributed by atoms with Crippen molar-refractivity contribution in [2.75, 3.05) is 60.0 Å². The summed E-state index contributed by atoms with van der Waals surface area (Å²) in [4.78, 5) is 19.3. The van der Waals surface area contributed by atoms with Crippen molar-refractivity contribution in [1.82, 2.24) is 14.7 Å². The van der Waals surface area contributed by atoms with E-state index in [1.807, 2.05) is 23.1 Å². The molecule has 2 saturated heterocycles. The number of carbonyl (C=O) groups excluding carboxylic acids is 1. The quantitative estimate of drug-likeness (QED) is 0.762. The second-order valence-electron chi connectivity index (χ2n) is 7.79. The first-order chi connectivity index (χ1) is 13.1. The summed E-state index contributed by atoms with van der Waals surface area (Å²) < 4.78 is 10.8. The highest BCUT2D eigenvalue weighted by Crippen LogP contribution is 2.25. The maximum atomic E-state index is 12.5. The van der Waals surface area contributed by atoms with E-state index >= 15 is 0 Å². The van der Waals surface area contributed by atoms with E-state index in [0.29, 0.717) is 12.5 Å². The maximum absolute atomic E-state index is 12.5. The zero-order chi connectivity index (χ0) is 19.2. The van der Waals surface area contributed by atoms with Gasteiger partial charge in [0.2, 0.25) is 5.91 Å². The molecule has 0 spiro atoms. The molecule has 0 saturated carbocycles. The van der Waals surface area contributed by atoms with E-state index in [9.17, 15) is 4.79 Å². The maximum Gasteiger partial charge on any atom is 0.236 e. The predicted octanol–water partition coefficient (Wildman–Crippen LogP) is 2.08. The van der Waals surface area contributed by atoms with Crippen molar-refractivity contribution < 1.29 is 14.3 Å². The molecule has 3 rings (SSSR count). The summed E-state index contributed by atoms with van der Waals surface area (Å²) in [5.74, 6) is 2.80. The van der Waals surface area contributed by atoms with E-state index in [1.165, 1.54) is 0 Å². The van der Waals surface area contributed by atoms with Crippen LogP contribution < -0.4 is 9.47 Å². The Hall–Kier alpha value is -1.79. The van der Waals surface area contributed by atoms with Gasteiger partial charge in [0.15, 0.2) is 0 Å². The Morgan fingerprint density at radius 3 is 2.30 bits per heavy atom. The van der Waals surface area contributed by atoms with Gasteiger partial charge in [0.05, 0.1) is 20.8 Å². The van der Waals surface area contributed by atoms with Gasteiger partial charge in [-0.2, -0.15) is 0 Å². The molecular weight excluding hydrogens is 342 g/mol. The summed E-state index contributed by atoms with van der Waals surface area (Å²) in [6.45, 7) is 9.32. The van der Waals surface area contributed by atoms with Gasteiger partial charge in [0, 0.05) is 51.4 Å². The molecule has 0 aromatic heterocycles. The molecule has 0 atom stereocenters. The van der Waals surface area contributed by atoms with Crippen LogP contribution in [0.1, 0.15) is 25.3 Å². The number of ether oxygens (including phenoxy) is 2. The van der Waals surface area contributed by atoms with Gasteiger partial charge in [0.1, 0.15) is 11.5 Å². The number of carbonyl (C=O) groups is 1. The van der Waals surface area contributed by atoms with E-state index in [0.717, 1.165) is 81.6 Å². The van der Waals surface area contributed by atoms with Crippen LogP contribution in [0.2, 0.25) is 0 Å². The summed E-state index contributed by atoms with van der Waals surface area (Å²) in [5.41, 5.74) is 1.14. The third kappa shape index (κ3) is 5.36. The fraction of sp³-hybridized carbons (Fsp3) is 0.667. The molecule has 1 aromatic carbocycles. The molecule has 6 nitrogen and oxygen atoms in total. The largest absolute Gasteiger partial charge is 0.497 e. The molecule has 1 aromatic rings. The number of rotatable bonds is 6. The van der Waals surface area contributed by atoms with Gasteiger partial charge in [-0.3, -0.25) is 14.6 Å². The van der Waals surface area contributed by atoms with E-state index in [1.54, 1.807) is 14.2 Å². The number of nitrogens with zero attached hydrogens (tertiary/aromatic N) is 3. The minimum absolute atomic E-state index is 0.296. The summed E-state index contributed by atoms with van der Waals surface area (Å²) in [5, 5.41) is 0. The standard InChI is InChI=1S/C21H33N3O3/c1-17-6-8-24(9-7-17)21(25)16-23-12-10-22(11-13-23)15-18-14-19(26-2)4-5-20(18)27-3/h4-5,14,17H,6-13,15-16H2,1-3H3. The van der Waals surface area contributed by atoms with Crippen LogP contribution in [0.5, 0.6) is 11.5 Å². The van der Waals surface area contributed by atoms with Crippen molar-refractivity contribution in [3.63, 3.8) is 0 Å². The molecule has 2 aliphatic rings. The number of hydrogen-bond acceptors (Lipinski definition) is 5. The Balaban J connectivity index is 1.47. The lowest BCUT2D eigenvalue weighted by Crippen LogP contribution is -2.50. The zero-order valence-corrected chi connectivity index (χ0v) is 16.9. The van der Waals surface area contributed by atoms with E-state index in [4.69, 9.17) is 9.47 Å². The lowest BCUT2D eigenvalue weighted by atomic mass is 9.99. The average Bonchev–Trinajstić information content (AvgIpc) is 2.70. The normalized spacial score (nSPS) is 19.9. The molecule has 0 radical (unpaired) electrons. The van der Waals surface area contributed by atoms with E-state index in [-0.39, 0.29) is 0 Å². The van der Waals surface area contributed by atoms with Crippen LogP contribution in [-0.4, -0.2) is 80.6 Å². The Bertz CT molecular complexity index is 621. The molecule has 0 N–H and O–H groups in total. The van der Waals surface area contributed by atoms with Crippen molar-refractivity contribution in [2.45, 2.75) is 26.3 Å². The van der Waals surface area contributed by atoms with Crippen LogP contribution in [0.4, 0.5) is 0 Å². The van der Waals surface area contributed by atoms with Crippen LogP contribution in [0.25, 0.3) is 0 Å². The minimum atomic E-state index is 0.296. The summed E-state index contributed by atoms with van der Waals surface area (Å²) in [7, 11) is 3.39. The minimum Gasteiger partial charge on any atom is -0.497 e. The number of methoxy groups -OCH3 is 2. The second kappa shape index (κ2) is 9.42. The molecule has 2 heterocycles. The molecule has 0 unspecified atom stereocenters. The van der Waals surface area contributed by atoms with Gasteiger partial charge in [-0.25, -0.2) is 0 Å². The Labute approximate surface area is 163 Å².